The summed E-state index contributed by atoms with van der Waals surface area (Å²) in [4.78, 5) is 56.8. The molecule has 6 rings (SSSR count). The predicted octanol–water partition coefficient (Wildman–Crippen LogP) is -1.14. The normalized spacial score (nSPS) is 29.4. The number of pyridine rings is 1. The summed E-state index contributed by atoms with van der Waals surface area (Å²) in [7, 11) is -10.8. The number of hydrogen-bond donors (Lipinski definition) is 8. The van der Waals surface area contributed by atoms with E-state index in [4.69, 9.17) is 24.3 Å². The highest BCUT2D eigenvalue weighted by Gasteiger charge is 2.50. The first-order chi connectivity index (χ1) is 25.1. The van der Waals surface area contributed by atoms with Crippen LogP contribution in [0.3, 0.4) is 0 Å². The van der Waals surface area contributed by atoms with E-state index in [1.54, 1.807) is 0 Å². The quantitative estimate of drug-likeness (QED) is 0.0667. The Morgan fingerprint density at radius 2 is 1.60 bits per heavy atom. The number of allylic oxidation sites excluding steroid dienone is 4. The molecule has 0 radical (unpaired) electrons. The van der Waals surface area contributed by atoms with Crippen LogP contribution in [0.2, 0.25) is 0 Å². The Bertz CT molecular complexity index is 1990. The fraction of sp³-hybridized carbons (Fsp3) is 0.448. The van der Waals surface area contributed by atoms with Crippen molar-refractivity contribution in [2.45, 2.75) is 61.9 Å². The second kappa shape index (κ2) is 15.9. The number of aromatic nitrogens is 5. The van der Waals surface area contributed by atoms with Gasteiger partial charge in [0.2, 0.25) is 5.91 Å². The number of aliphatic hydroxyl groups excluding tert-OH is 4. The summed E-state index contributed by atoms with van der Waals surface area (Å²) in [6, 6.07) is 2.83. The molecule has 3 aromatic heterocycles. The summed E-state index contributed by atoms with van der Waals surface area (Å²) < 4.78 is 52.6. The molecule has 3 aliphatic rings. The third-order valence-corrected chi connectivity index (χ3v) is 11.1. The number of nitrogens with two attached hydrogens (primary N) is 1. The Balaban J connectivity index is 1.02. The van der Waals surface area contributed by atoms with Crippen molar-refractivity contribution in [1.82, 2.24) is 19.5 Å². The minimum Gasteiger partial charge on any atom is -0.387 e. The number of anilines is 1. The van der Waals surface area contributed by atoms with Crippen LogP contribution >= 0.6 is 15.6 Å². The van der Waals surface area contributed by atoms with Crippen molar-refractivity contribution < 1.29 is 76.3 Å². The molecule has 9 N–H and O–H groups in total. The van der Waals surface area contributed by atoms with Gasteiger partial charge in [-0.1, -0.05) is 24.3 Å². The summed E-state index contributed by atoms with van der Waals surface area (Å²) in [5.41, 5.74) is 5.58. The SMILES string of the molecule is NC(=O)c1ccc[n+]([C@@H]2O[C@H](COP(=O)(O)OP(=O)(O)OC[C@H]3O[C@@H](n4cnc5c(NC(=O)CCC6C=CC=C6)ncnc54)[C@H](O)[C@@H]3O)[C@@H](O)[C@H]2O)c1. The first-order valence-corrected chi connectivity index (χ1v) is 18.9. The number of nitrogens with zero attached hydrogens (tertiary/aromatic N) is 5. The van der Waals surface area contributed by atoms with Crippen molar-refractivity contribution in [3.05, 3.63) is 67.0 Å². The van der Waals surface area contributed by atoms with Crippen LogP contribution in [0.15, 0.2) is 61.5 Å². The second-order valence-corrected chi connectivity index (χ2v) is 15.2. The van der Waals surface area contributed by atoms with Crippen LogP contribution in [-0.2, 0) is 36.8 Å². The lowest BCUT2D eigenvalue weighted by molar-refractivity contribution is -0.765. The molecular formula is C29H36N7O15P2+. The number of hydrogen-bond acceptors (Lipinski definition) is 16. The number of fused-ring (bicyclic) bond motifs is 1. The van der Waals surface area contributed by atoms with Crippen molar-refractivity contribution in [2.75, 3.05) is 18.5 Å². The van der Waals surface area contributed by atoms with Crippen LogP contribution in [0.25, 0.3) is 11.2 Å². The molecule has 2 unspecified atom stereocenters. The zero-order chi connectivity index (χ0) is 38.1. The Hall–Kier alpha value is -3.86. The number of carbonyl (C=O) groups excluding carboxylic acids is 2. The lowest BCUT2D eigenvalue weighted by Gasteiger charge is -2.20. The average Bonchev–Trinajstić information content (AvgIpc) is 3.90. The molecule has 5 heterocycles. The number of imidazole rings is 1. The Morgan fingerprint density at radius 3 is 2.28 bits per heavy atom. The van der Waals surface area contributed by atoms with E-state index in [-0.39, 0.29) is 40.8 Å². The van der Waals surface area contributed by atoms with Gasteiger partial charge in [-0.05, 0) is 18.4 Å². The van der Waals surface area contributed by atoms with Crippen molar-refractivity contribution in [3.63, 3.8) is 0 Å². The summed E-state index contributed by atoms with van der Waals surface area (Å²) in [6.07, 6.45) is 1.36. The van der Waals surface area contributed by atoms with Crippen LogP contribution < -0.4 is 15.6 Å². The van der Waals surface area contributed by atoms with Gasteiger partial charge >= 0.3 is 15.6 Å². The number of nitrogens with one attached hydrogen (secondary N) is 1. The first-order valence-electron chi connectivity index (χ1n) is 15.9. The first kappa shape index (κ1) is 38.9. The second-order valence-electron chi connectivity index (χ2n) is 12.2. The van der Waals surface area contributed by atoms with Crippen molar-refractivity contribution in [2.24, 2.45) is 11.7 Å². The topological polar surface area (TPSA) is 321 Å². The number of phosphoric ester groups is 2. The maximum absolute atomic E-state index is 12.6. The molecule has 22 nitrogen and oxygen atoms in total. The lowest BCUT2D eigenvalue weighted by Crippen LogP contribution is -2.46. The molecule has 2 aliphatic heterocycles. The van der Waals surface area contributed by atoms with Crippen LogP contribution in [0.5, 0.6) is 0 Å². The van der Waals surface area contributed by atoms with E-state index in [9.17, 15) is 48.9 Å². The molecule has 1 aliphatic carbocycles. The molecular weight excluding hydrogens is 748 g/mol. The maximum Gasteiger partial charge on any atom is 0.481 e. The summed E-state index contributed by atoms with van der Waals surface area (Å²) in [5.74, 6) is -0.837. The number of primary amides is 1. The molecule has 2 fully saturated rings. The summed E-state index contributed by atoms with van der Waals surface area (Å²) in [5, 5.41) is 44.9. The van der Waals surface area contributed by atoms with E-state index in [1.165, 1.54) is 40.0 Å². The third-order valence-electron chi connectivity index (χ3n) is 8.51. The fourth-order valence-corrected chi connectivity index (χ4v) is 7.90. The monoisotopic (exact) mass is 784 g/mol. The summed E-state index contributed by atoms with van der Waals surface area (Å²) in [6.45, 7) is -1.85. The molecule has 2 amide bonds. The number of phosphoric acid groups is 2. The van der Waals surface area contributed by atoms with Gasteiger partial charge in [0.1, 0.15) is 42.4 Å². The molecule has 10 atom stereocenters. The number of aliphatic hydroxyl groups is 4. The van der Waals surface area contributed by atoms with E-state index < -0.39 is 83.8 Å². The maximum atomic E-state index is 12.6. The van der Waals surface area contributed by atoms with Gasteiger partial charge in [0.25, 0.3) is 12.1 Å². The molecule has 3 aromatic rings. The van der Waals surface area contributed by atoms with E-state index in [0.717, 1.165) is 6.33 Å². The Morgan fingerprint density at radius 1 is 0.943 bits per heavy atom. The smallest absolute Gasteiger partial charge is 0.387 e. The zero-order valence-corrected chi connectivity index (χ0v) is 29.2. The van der Waals surface area contributed by atoms with Gasteiger partial charge in [0.05, 0.1) is 19.5 Å². The molecule has 0 saturated carbocycles. The highest BCUT2D eigenvalue weighted by molar-refractivity contribution is 7.61. The number of carbonyl (C=O) groups is 2. The predicted molar refractivity (Wildman–Crippen MR) is 175 cm³/mol. The van der Waals surface area contributed by atoms with Crippen molar-refractivity contribution >= 4 is 44.4 Å². The molecule has 2 saturated heterocycles. The highest BCUT2D eigenvalue weighted by Crippen LogP contribution is 2.60. The third kappa shape index (κ3) is 8.93. The van der Waals surface area contributed by atoms with Gasteiger partial charge in [0, 0.05) is 12.5 Å². The van der Waals surface area contributed by atoms with E-state index in [0.29, 0.717) is 6.42 Å². The number of rotatable bonds is 15. The molecule has 53 heavy (non-hydrogen) atoms. The van der Waals surface area contributed by atoms with Gasteiger partial charge < -0.3 is 50.7 Å². The van der Waals surface area contributed by atoms with Gasteiger partial charge in [0.15, 0.2) is 41.7 Å². The molecule has 0 aromatic carbocycles. The van der Waals surface area contributed by atoms with Gasteiger partial charge in [-0.2, -0.15) is 8.88 Å². The fourth-order valence-electron chi connectivity index (χ4n) is 5.81. The number of amides is 2. The average molecular weight is 785 g/mol. The van der Waals surface area contributed by atoms with Crippen LogP contribution in [0.4, 0.5) is 5.82 Å². The van der Waals surface area contributed by atoms with Crippen LogP contribution in [0.1, 0.15) is 35.7 Å². The van der Waals surface area contributed by atoms with Crippen LogP contribution in [-0.4, -0.2) is 111 Å². The van der Waals surface area contributed by atoms with Gasteiger partial charge in [-0.15, -0.1) is 0 Å². The lowest BCUT2D eigenvalue weighted by atomic mass is 10.1. The molecule has 24 heteroatoms. The van der Waals surface area contributed by atoms with E-state index in [1.807, 2.05) is 24.3 Å². The standard InChI is InChI=1S/C29H35N7O15P2/c30-25(42)16-6-3-9-35(10-16)28-23(40)21(38)17(49-28)11-47-52(43,44)51-53(45,46)48-12-18-22(39)24(41)29(50-18)36-14-33-20-26(31-13-32-27(20)36)34-19(37)8-7-15-4-1-2-5-15/h1-6,9-10,13-15,17-18,21-24,28-29,38-41H,7-8,11-12H2,(H4-,30,31,32,34,37,42,43,44,45,46)/p+1/t17-,18-,21-,22-,23-,24-,28-,29-/m1/s1. The zero-order valence-electron chi connectivity index (χ0n) is 27.4. The van der Waals surface area contributed by atoms with Crippen LogP contribution in [0, 0.1) is 5.92 Å². The Kier molecular flexibility index (Phi) is 11.6. The minimum atomic E-state index is -5.43. The largest absolute Gasteiger partial charge is 0.481 e. The molecule has 0 spiro atoms. The van der Waals surface area contributed by atoms with Crippen molar-refractivity contribution in [3.8, 4) is 0 Å². The Labute approximate surface area is 299 Å². The number of ether oxygens (including phenoxy) is 2. The highest BCUT2D eigenvalue weighted by atomic mass is 31.3. The molecule has 0 bridgehead atoms. The minimum absolute atomic E-state index is 0.0620. The molecule has 286 valence electrons. The summed E-state index contributed by atoms with van der Waals surface area (Å²) >= 11 is 0. The van der Waals surface area contributed by atoms with E-state index in [2.05, 4.69) is 24.6 Å². The van der Waals surface area contributed by atoms with Gasteiger partial charge in [-0.3, -0.25) is 23.2 Å². The van der Waals surface area contributed by atoms with E-state index >= 15 is 0 Å². The van der Waals surface area contributed by atoms with Gasteiger partial charge in [-0.25, -0.2) is 24.1 Å². The van der Waals surface area contributed by atoms with Crippen molar-refractivity contribution in [1.29, 1.82) is 0 Å².